The van der Waals surface area contributed by atoms with E-state index in [1.807, 2.05) is 0 Å². The molecular weight excluding hydrogens is 234 g/mol. The summed E-state index contributed by atoms with van der Waals surface area (Å²) >= 11 is 5.62. The molecule has 1 amide bonds. The largest absolute Gasteiger partial charge is 0.358 e. The van der Waals surface area contributed by atoms with Crippen LogP contribution in [-0.4, -0.2) is 39.7 Å². The van der Waals surface area contributed by atoms with E-state index in [0.717, 1.165) is 0 Å². The zero-order valence-corrected chi connectivity index (χ0v) is 9.69. The number of halogens is 1. The molecule has 6 nitrogen and oxygen atoms in total. The first-order chi connectivity index (χ1) is 7.47. The van der Waals surface area contributed by atoms with Crippen LogP contribution in [0.15, 0.2) is 12.1 Å². The molecule has 16 heavy (non-hydrogen) atoms. The summed E-state index contributed by atoms with van der Waals surface area (Å²) in [6.45, 7) is 1.79. The van der Waals surface area contributed by atoms with E-state index in [2.05, 4.69) is 4.98 Å². The number of hydrogen-bond donors (Lipinski definition) is 1. The van der Waals surface area contributed by atoms with Crippen molar-refractivity contribution in [1.82, 2.24) is 9.88 Å². The van der Waals surface area contributed by atoms with Gasteiger partial charge in [0.05, 0.1) is 0 Å². The summed E-state index contributed by atoms with van der Waals surface area (Å²) < 4.78 is 0. The van der Waals surface area contributed by atoms with Gasteiger partial charge in [-0.2, -0.15) is 0 Å². The summed E-state index contributed by atoms with van der Waals surface area (Å²) in [4.78, 5) is 25.5. The lowest BCUT2D eigenvalue weighted by molar-refractivity contribution is -0.389. The van der Waals surface area contributed by atoms with Crippen LogP contribution in [0.1, 0.15) is 17.4 Å². The number of aromatic amines is 1. The molecule has 0 fully saturated rings. The fourth-order valence-electron chi connectivity index (χ4n) is 1.11. The van der Waals surface area contributed by atoms with E-state index < -0.39 is 4.92 Å². The molecule has 1 aromatic rings. The molecule has 1 unspecified atom stereocenters. The zero-order chi connectivity index (χ0) is 12.3. The highest BCUT2D eigenvalue weighted by Gasteiger charge is 2.21. The third-order valence-electron chi connectivity index (χ3n) is 2.30. The van der Waals surface area contributed by atoms with Gasteiger partial charge in [-0.15, -0.1) is 11.6 Å². The van der Waals surface area contributed by atoms with Crippen molar-refractivity contribution >= 4 is 23.3 Å². The summed E-state index contributed by atoms with van der Waals surface area (Å²) in [6.07, 6.45) is 0. The number of alkyl halides is 1. The molecule has 1 rings (SSSR count). The molecule has 0 aromatic carbocycles. The zero-order valence-electron chi connectivity index (χ0n) is 8.94. The standard InChI is InChI=1S/C9H12ClN3O3/c1-6(5-10)12(2)9(14)7-3-4-8(11-7)13(15)16/h3-4,6,11H,5H2,1-2H3. The molecule has 0 spiro atoms. The Labute approximate surface area is 97.3 Å². The molecule has 7 heteroatoms. The van der Waals surface area contributed by atoms with Crippen molar-refractivity contribution in [2.45, 2.75) is 13.0 Å². The van der Waals surface area contributed by atoms with Gasteiger partial charge in [-0.05, 0) is 17.9 Å². The molecule has 0 aliphatic carbocycles. The molecule has 0 aliphatic rings. The van der Waals surface area contributed by atoms with Crippen LogP contribution in [0.2, 0.25) is 0 Å². The maximum Gasteiger partial charge on any atom is 0.321 e. The summed E-state index contributed by atoms with van der Waals surface area (Å²) in [6, 6.07) is 2.51. The fourth-order valence-corrected chi connectivity index (χ4v) is 1.32. The molecule has 0 bridgehead atoms. The number of carbonyl (C=O) groups is 1. The van der Waals surface area contributed by atoms with Crippen LogP contribution < -0.4 is 0 Å². The van der Waals surface area contributed by atoms with Crippen molar-refractivity contribution in [3.63, 3.8) is 0 Å². The summed E-state index contributed by atoms with van der Waals surface area (Å²) in [7, 11) is 1.60. The quantitative estimate of drug-likeness (QED) is 0.497. The number of nitro groups is 1. The Morgan fingerprint density at radius 2 is 2.31 bits per heavy atom. The molecule has 0 saturated carbocycles. The van der Waals surface area contributed by atoms with Crippen molar-refractivity contribution in [3.8, 4) is 0 Å². The van der Waals surface area contributed by atoms with Crippen molar-refractivity contribution in [2.75, 3.05) is 12.9 Å². The first kappa shape index (κ1) is 12.5. The third kappa shape index (κ3) is 2.52. The van der Waals surface area contributed by atoms with Crippen LogP contribution in [0.3, 0.4) is 0 Å². The number of aromatic nitrogens is 1. The van der Waals surface area contributed by atoms with Crippen LogP contribution >= 0.6 is 11.6 Å². The first-order valence-corrected chi connectivity index (χ1v) is 5.17. The molecule has 0 radical (unpaired) electrons. The highest BCUT2D eigenvalue weighted by atomic mass is 35.5. The van der Waals surface area contributed by atoms with Crippen molar-refractivity contribution < 1.29 is 9.72 Å². The van der Waals surface area contributed by atoms with Gasteiger partial charge in [0.15, 0.2) is 5.69 Å². The van der Waals surface area contributed by atoms with Crippen molar-refractivity contribution in [2.24, 2.45) is 0 Å². The molecular formula is C9H12ClN3O3. The number of hydrogen-bond acceptors (Lipinski definition) is 3. The second-order valence-electron chi connectivity index (χ2n) is 3.43. The van der Waals surface area contributed by atoms with E-state index >= 15 is 0 Å². The number of nitrogens with zero attached hydrogens (tertiary/aromatic N) is 2. The average molecular weight is 246 g/mol. The number of amides is 1. The summed E-state index contributed by atoms with van der Waals surface area (Å²) in [5.41, 5.74) is 0.186. The van der Waals surface area contributed by atoms with Gasteiger partial charge in [0.2, 0.25) is 0 Å². The van der Waals surface area contributed by atoms with Gasteiger partial charge in [0.25, 0.3) is 5.91 Å². The Bertz CT molecular complexity index is 404. The van der Waals surface area contributed by atoms with E-state index in [4.69, 9.17) is 11.6 Å². The maximum absolute atomic E-state index is 11.8. The van der Waals surface area contributed by atoms with Gasteiger partial charge in [-0.1, -0.05) is 0 Å². The normalized spacial score (nSPS) is 12.2. The van der Waals surface area contributed by atoms with Crippen molar-refractivity contribution in [3.05, 3.63) is 27.9 Å². The highest BCUT2D eigenvalue weighted by Crippen LogP contribution is 2.12. The molecule has 1 N–H and O–H groups in total. The average Bonchev–Trinajstić information content (AvgIpc) is 2.75. The van der Waals surface area contributed by atoms with Gasteiger partial charge < -0.3 is 15.0 Å². The number of rotatable bonds is 4. The van der Waals surface area contributed by atoms with E-state index in [-0.39, 0.29) is 23.5 Å². The Morgan fingerprint density at radius 1 is 1.69 bits per heavy atom. The molecule has 0 saturated heterocycles. The van der Waals surface area contributed by atoms with Crippen LogP contribution in [0.5, 0.6) is 0 Å². The summed E-state index contributed by atoms with van der Waals surface area (Å²) in [5, 5.41) is 10.4. The first-order valence-electron chi connectivity index (χ1n) is 4.64. The Hall–Kier alpha value is -1.56. The predicted octanol–water partition coefficient (Wildman–Crippen LogP) is 1.62. The minimum absolute atomic E-state index is 0.128. The molecule has 1 atom stereocenters. The fraction of sp³-hybridized carbons (Fsp3) is 0.444. The minimum atomic E-state index is -0.582. The van der Waals surface area contributed by atoms with Crippen LogP contribution in [0.25, 0.3) is 0 Å². The van der Waals surface area contributed by atoms with Gasteiger partial charge >= 0.3 is 5.82 Å². The van der Waals surface area contributed by atoms with E-state index in [9.17, 15) is 14.9 Å². The lowest BCUT2D eigenvalue weighted by Gasteiger charge is -2.21. The SMILES string of the molecule is CC(CCl)N(C)C(=O)c1ccc([N+](=O)[O-])[nH]1. The van der Waals surface area contributed by atoms with Crippen molar-refractivity contribution in [1.29, 1.82) is 0 Å². The predicted molar refractivity (Wildman–Crippen MR) is 59.7 cm³/mol. The molecule has 0 aliphatic heterocycles. The maximum atomic E-state index is 11.8. The monoisotopic (exact) mass is 245 g/mol. The Balaban J connectivity index is 2.84. The minimum Gasteiger partial charge on any atom is -0.358 e. The van der Waals surface area contributed by atoms with Gasteiger partial charge in [-0.25, -0.2) is 4.98 Å². The van der Waals surface area contributed by atoms with Crippen LogP contribution in [0.4, 0.5) is 5.82 Å². The summed E-state index contributed by atoms with van der Waals surface area (Å²) in [5.74, 6) is -0.207. The highest BCUT2D eigenvalue weighted by molar-refractivity contribution is 6.18. The van der Waals surface area contributed by atoms with Gasteiger partial charge in [-0.3, -0.25) is 4.79 Å². The molecule has 1 aromatic heterocycles. The van der Waals surface area contributed by atoms with E-state index in [0.29, 0.717) is 5.88 Å². The third-order valence-corrected chi connectivity index (χ3v) is 2.75. The lowest BCUT2D eigenvalue weighted by atomic mass is 10.3. The molecule has 88 valence electrons. The Morgan fingerprint density at radius 3 is 2.75 bits per heavy atom. The van der Waals surface area contributed by atoms with E-state index in [1.165, 1.54) is 17.0 Å². The Kier molecular flexibility index (Phi) is 3.89. The second kappa shape index (κ2) is 4.98. The second-order valence-corrected chi connectivity index (χ2v) is 3.74. The topological polar surface area (TPSA) is 79.2 Å². The van der Waals surface area contributed by atoms with E-state index in [1.54, 1.807) is 14.0 Å². The number of nitrogens with one attached hydrogen (secondary N) is 1. The van der Waals surface area contributed by atoms with Crippen LogP contribution in [-0.2, 0) is 0 Å². The number of carbonyl (C=O) groups excluding carboxylic acids is 1. The molecule has 1 heterocycles. The lowest BCUT2D eigenvalue weighted by Crippen LogP contribution is -2.36. The van der Waals surface area contributed by atoms with Gasteiger partial charge in [0, 0.05) is 25.0 Å². The van der Waals surface area contributed by atoms with Gasteiger partial charge in [0.1, 0.15) is 0 Å². The number of H-pyrrole nitrogens is 1. The van der Waals surface area contributed by atoms with Crippen LogP contribution in [0, 0.1) is 10.1 Å². The smallest absolute Gasteiger partial charge is 0.321 e.